The van der Waals surface area contributed by atoms with Gasteiger partial charge in [0.05, 0.1) is 0 Å². The maximum Gasteiger partial charge on any atom is 0.0451 e. The molecule has 1 rings (SSSR count). The molecule has 0 aliphatic carbocycles. The highest BCUT2D eigenvalue weighted by Gasteiger charge is 1.89. The van der Waals surface area contributed by atoms with Gasteiger partial charge in [0.2, 0.25) is 0 Å². The van der Waals surface area contributed by atoms with Gasteiger partial charge in [-0.1, -0.05) is 11.8 Å². The van der Waals surface area contributed by atoms with E-state index >= 15 is 0 Å². The smallest absolute Gasteiger partial charge is 0.0451 e. The van der Waals surface area contributed by atoms with Crippen molar-refractivity contribution in [3.05, 3.63) is 29.6 Å². The second-order valence-electron chi connectivity index (χ2n) is 2.25. The molecule has 0 aliphatic rings. The van der Waals surface area contributed by atoms with E-state index in [0.29, 0.717) is 0 Å². The molecule has 0 saturated carbocycles. The first kappa shape index (κ1) is 9.48. The van der Waals surface area contributed by atoms with Crippen LogP contribution >= 0.6 is 0 Å². The third-order valence-electron chi connectivity index (χ3n) is 1.30. The summed E-state index contributed by atoms with van der Waals surface area (Å²) in [6, 6.07) is 1.78. The summed E-state index contributed by atoms with van der Waals surface area (Å²) < 4.78 is 0. The lowest BCUT2D eigenvalue weighted by Gasteiger charge is -1.89. The van der Waals surface area contributed by atoms with Crippen LogP contribution in [0.4, 0.5) is 0 Å². The first-order valence-electron chi connectivity index (χ1n) is 3.75. The van der Waals surface area contributed by atoms with Crippen LogP contribution in [0.2, 0.25) is 0 Å². The average Bonchev–Trinajstić information content (AvgIpc) is 2.24. The highest BCUT2D eigenvalue weighted by molar-refractivity contribution is 5.44. The van der Waals surface area contributed by atoms with Crippen LogP contribution in [0.15, 0.2) is 18.5 Å². The number of pyridine rings is 1. The van der Waals surface area contributed by atoms with Gasteiger partial charge in [0, 0.05) is 23.5 Å². The maximum atomic E-state index is 5.00. The molecule has 0 spiro atoms. The average molecular weight is 175 g/mol. The van der Waals surface area contributed by atoms with E-state index in [1.54, 1.807) is 18.5 Å². The summed E-state index contributed by atoms with van der Waals surface area (Å²) in [5, 5.41) is 0. The van der Waals surface area contributed by atoms with E-state index in [9.17, 15) is 0 Å². The molecular weight excluding hydrogens is 170 g/mol. The van der Waals surface area contributed by atoms with Gasteiger partial charge >= 0.3 is 0 Å². The lowest BCUT2D eigenvalue weighted by molar-refractivity contribution is 1.30. The van der Waals surface area contributed by atoms with E-state index < -0.39 is 0 Å². The monoisotopic (exact) mass is 175 g/mol. The van der Waals surface area contributed by atoms with Gasteiger partial charge in [-0.05, 0) is 29.7 Å². The second-order valence-corrected chi connectivity index (χ2v) is 2.25. The predicted molar refractivity (Wildman–Crippen MR) is 55.7 cm³/mol. The molecule has 0 amide bonds. The van der Waals surface area contributed by atoms with Gasteiger partial charge < -0.3 is 0 Å². The summed E-state index contributed by atoms with van der Waals surface area (Å²) in [6.45, 7) is 0. The summed E-state index contributed by atoms with van der Waals surface area (Å²) in [4.78, 5) is 3.95. The lowest BCUT2D eigenvalue weighted by atomic mass is 10.2. The van der Waals surface area contributed by atoms with Gasteiger partial charge in [-0.25, -0.2) is 0 Å². The summed E-state index contributed by atoms with van der Waals surface area (Å²) in [5.41, 5.74) is 1.46. The van der Waals surface area contributed by atoms with Crippen LogP contribution in [-0.2, 0) is 0 Å². The molecule has 0 N–H and O–H groups in total. The second kappa shape index (κ2) is 5.11. The zero-order chi connectivity index (χ0) is 10.2. The molecular formula is C13H5N. The molecule has 1 heterocycles. The Balaban J connectivity index is 3.04. The molecule has 1 aromatic rings. The van der Waals surface area contributed by atoms with E-state index in [4.69, 9.17) is 12.8 Å². The van der Waals surface area contributed by atoms with Crippen molar-refractivity contribution in [2.45, 2.75) is 0 Å². The van der Waals surface area contributed by atoms with Crippen LogP contribution in [0.5, 0.6) is 0 Å². The van der Waals surface area contributed by atoms with E-state index in [-0.39, 0.29) is 0 Å². The Morgan fingerprint density at radius 1 is 0.929 bits per heavy atom. The zero-order valence-electron chi connectivity index (χ0n) is 7.33. The Kier molecular flexibility index (Phi) is 3.46. The quantitative estimate of drug-likeness (QED) is 0.537. The predicted octanol–water partition coefficient (Wildman–Crippen LogP) is 1.05. The van der Waals surface area contributed by atoms with Crippen LogP contribution in [0, 0.1) is 48.4 Å². The third-order valence-corrected chi connectivity index (χ3v) is 1.30. The van der Waals surface area contributed by atoms with Crippen LogP contribution in [-0.4, -0.2) is 4.98 Å². The molecule has 1 nitrogen and oxygen atoms in total. The fourth-order valence-electron chi connectivity index (χ4n) is 0.793. The van der Waals surface area contributed by atoms with Gasteiger partial charge in [-0.2, -0.15) is 0 Å². The van der Waals surface area contributed by atoms with Crippen molar-refractivity contribution in [1.29, 1.82) is 0 Å². The summed E-state index contributed by atoms with van der Waals surface area (Å²) in [7, 11) is 0. The Hall–Kier alpha value is -2.61. The number of rotatable bonds is 0. The number of nitrogens with zero attached hydrogens (tertiary/aromatic N) is 1. The number of aromatic nitrogens is 1. The number of hydrogen-bond donors (Lipinski definition) is 0. The molecule has 1 aromatic heterocycles. The fourth-order valence-corrected chi connectivity index (χ4v) is 0.793. The normalized spacial score (nSPS) is 6.71. The Bertz CT molecular complexity index is 484. The zero-order valence-corrected chi connectivity index (χ0v) is 7.33. The standard InChI is InChI=1S/C13H5N/c1-3-5-7-12-9-13(8-6-4-2)11-14-10-12/h1-2,9-11H. The molecule has 0 aromatic carbocycles. The van der Waals surface area contributed by atoms with E-state index in [0.717, 1.165) is 11.1 Å². The molecule has 0 aliphatic heterocycles. The van der Waals surface area contributed by atoms with Crippen LogP contribution < -0.4 is 0 Å². The van der Waals surface area contributed by atoms with Gasteiger partial charge in [-0.3, -0.25) is 4.98 Å². The molecule has 0 fully saturated rings. The minimum Gasteiger partial charge on any atom is -0.262 e. The minimum atomic E-state index is 0.728. The summed E-state index contributed by atoms with van der Waals surface area (Å²) in [5.74, 6) is 14.9. The highest BCUT2D eigenvalue weighted by atomic mass is 14.6. The van der Waals surface area contributed by atoms with Crippen LogP contribution in [0.1, 0.15) is 11.1 Å². The summed E-state index contributed by atoms with van der Waals surface area (Å²) >= 11 is 0. The Morgan fingerprint density at radius 3 is 1.86 bits per heavy atom. The summed E-state index contributed by atoms with van der Waals surface area (Å²) in [6.07, 6.45) is 13.2. The lowest BCUT2D eigenvalue weighted by Crippen LogP contribution is -1.81. The van der Waals surface area contributed by atoms with Crippen molar-refractivity contribution in [3.8, 4) is 48.4 Å². The van der Waals surface area contributed by atoms with Crippen molar-refractivity contribution in [2.24, 2.45) is 0 Å². The highest BCUT2D eigenvalue weighted by Crippen LogP contribution is 1.99. The van der Waals surface area contributed by atoms with Crippen molar-refractivity contribution in [2.75, 3.05) is 0 Å². The van der Waals surface area contributed by atoms with Gasteiger partial charge in [0.1, 0.15) is 0 Å². The molecule has 0 unspecified atom stereocenters. The SMILES string of the molecule is C#CC#Cc1cncc(C#CC#C)c1. The maximum absolute atomic E-state index is 5.00. The molecule has 14 heavy (non-hydrogen) atoms. The molecule has 1 heteroatoms. The third kappa shape index (κ3) is 2.79. The van der Waals surface area contributed by atoms with Gasteiger partial charge in [0.15, 0.2) is 0 Å². The Labute approximate surface area is 83.6 Å². The fraction of sp³-hybridized carbons (Fsp3) is 0. The van der Waals surface area contributed by atoms with Crippen molar-refractivity contribution in [1.82, 2.24) is 4.98 Å². The topological polar surface area (TPSA) is 12.9 Å². The van der Waals surface area contributed by atoms with E-state index in [1.807, 2.05) is 0 Å². The molecule has 0 saturated heterocycles. The van der Waals surface area contributed by atoms with Gasteiger partial charge in [-0.15, -0.1) is 12.8 Å². The molecule has 0 bridgehead atoms. The van der Waals surface area contributed by atoms with Crippen LogP contribution in [0.3, 0.4) is 0 Å². The molecule has 0 radical (unpaired) electrons. The number of hydrogen-bond acceptors (Lipinski definition) is 1. The van der Waals surface area contributed by atoms with E-state index in [1.165, 1.54) is 0 Å². The number of terminal acetylenes is 2. The first-order valence-corrected chi connectivity index (χ1v) is 3.75. The minimum absolute atomic E-state index is 0.728. The van der Waals surface area contributed by atoms with Crippen molar-refractivity contribution in [3.63, 3.8) is 0 Å². The molecule has 0 atom stereocenters. The first-order chi connectivity index (χ1) is 6.86. The van der Waals surface area contributed by atoms with Crippen molar-refractivity contribution >= 4 is 0 Å². The van der Waals surface area contributed by atoms with Crippen LogP contribution in [0.25, 0.3) is 0 Å². The Morgan fingerprint density at radius 2 is 1.43 bits per heavy atom. The van der Waals surface area contributed by atoms with Crippen molar-refractivity contribution < 1.29 is 0 Å². The largest absolute Gasteiger partial charge is 0.262 e. The van der Waals surface area contributed by atoms with E-state index in [2.05, 4.69) is 40.5 Å². The molecule has 62 valence electrons. The van der Waals surface area contributed by atoms with Gasteiger partial charge in [0.25, 0.3) is 0 Å².